The number of hydrogen-bond donors (Lipinski definition) is 2. The molecule has 3 aromatic rings. The summed E-state index contributed by atoms with van der Waals surface area (Å²) in [5, 5.41) is 20.6. The minimum Gasteiger partial charge on any atom is -0.396 e. The molecule has 3 atom stereocenters. The summed E-state index contributed by atoms with van der Waals surface area (Å²) >= 11 is 0. The highest BCUT2D eigenvalue weighted by atomic mass is 16.6. The highest BCUT2D eigenvalue weighted by Gasteiger charge is 2.30. The summed E-state index contributed by atoms with van der Waals surface area (Å²) in [4.78, 5) is 0. The van der Waals surface area contributed by atoms with E-state index in [1.807, 2.05) is 91.0 Å². The Labute approximate surface area is 190 Å². The van der Waals surface area contributed by atoms with Crippen molar-refractivity contribution >= 4 is 0 Å². The van der Waals surface area contributed by atoms with Crippen molar-refractivity contribution in [1.82, 2.24) is 0 Å². The molecular formula is C27H32O5. The van der Waals surface area contributed by atoms with Gasteiger partial charge in [-0.1, -0.05) is 91.0 Å². The van der Waals surface area contributed by atoms with Gasteiger partial charge in [0.15, 0.2) is 0 Å². The summed E-state index contributed by atoms with van der Waals surface area (Å²) in [7, 11) is 0. The molecule has 170 valence electrons. The third kappa shape index (κ3) is 8.19. The van der Waals surface area contributed by atoms with E-state index in [1.165, 1.54) is 0 Å². The molecule has 32 heavy (non-hydrogen) atoms. The number of benzene rings is 3. The van der Waals surface area contributed by atoms with Crippen molar-refractivity contribution in [1.29, 1.82) is 0 Å². The van der Waals surface area contributed by atoms with Crippen LogP contribution in [-0.2, 0) is 34.0 Å². The average Bonchev–Trinajstić information content (AvgIpc) is 2.84. The number of rotatable bonds is 14. The Bertz CT molecular complexity index is 857. The summed E-state index contributed by atoms with van der Waals surface area (Å²) in [6, 6.07) is 29.4. The van der Waals surface area contributed by atoms with Crippen LogP contribution in [0.2, 0.25) is 0 Å². The molecule has 0 aliphatic rings. The second-order valence-electron chi connectivity index (χ2n) is 7.68. The molecule has 0 heterocycles. The largest absolute Gasteiger partial charge is 0.396 e. The number of ether oxygens (including phenoxy) is 3. The smallest absolute Gasteiger partial charge is 0.112 e. The highest BCUT2D eigenvalue weighted by Crippen LogP contribution is 2.18. The summed E-state index contributed by atoms with van der Waals surface area (Å²) in [5.74, 6) is 0. The second kappa shape index (κ2) is 13.8. The molecule has 0 aromatic heterocycles. The Morgan fingerprint density at radius 2 is 1.09 bits per heavy atom. The van der Waals surface area contributed by atoms with E-state index in [1.54, 1.807) is 0 Å². The first-order valence-corrected chi connectivity index (χ1v) is 11.0. The number of aliphatic hydroxyl groups is 2. The van der Waals surface area contributed by atoms with Crippen LogP contribution in [0.3, 0.4) is 0 Å². The molecule has 0 saturated heterocycles. The van der Waals surface area contributed by atoms with Crippen molar-refractivity contribution in [2.75, 3.05) is 13.2 Å². The first-order chi connectivity index (χ1) is 15.8. The maximum atomic E-state index is 10.9. The van der Waals surface area contributed by atoms with E-state index in [0.717, 1.165) is 16.7 Å². The lowest BCUT2D eigenvalue weighted by atomic mass is 10.0. The van der Waals surface area contributed by atoms with Crippen LogP contribution in [0.1, 0.15) is 23.1 Å². The minimum atomic E-state index is -0.908. The molecule has 0 spiro atoms. The van der Waals surface area contributed by atoms with E-state index < -0.39 is 18.3 Å². The van der Waals surface area contributed by atoms with Gasteiger partial charge < -0.3 is 24.4 Å². The first-order valence-electron chi connectivity index (χ1n) is 11.0. The standard InChI is InChI=1S/C27H32O5/c28-17-16-26(31-19-23-12-6-2-7-13-23)27(32-20-24-14-8-3-9-15-24)25(29)21-30-18-22-10-4-1-5-11-22/h1-15,25-29H,16-21H2/t25-,26-,27-/m1/s1. The van der Waals surface area contributed by atoms with Crippen LogP contribution in [0.25, 0.3) is 0 Å². The molecule has 0 radical (unpaired) electrons. The molecule has 0 fully saturated rings. The summed E-state index contributed by atoms with van der Waals surface area (Å²) in [5.41, 5.74) is 3.06. The number of aliphatic hydroxyl groups excluding tert-OH is 2. The van der Waals surface area contributed by atoms with E-state index in [0.29, 0.717) is 26.2 Å². The van der Waals surface area contributed by atoms with Crippen LogP contribution in [0.5, 0.6) is 0 Å². The Hall–Kier alpha value is -2.54. The van der Waals surface area contributed by atoms with Crippen molar-refractivity contribution in [2.45, 2.75) is 44.6 Å². The van der Waals surface area contributed by atoms with E-state index >= 15 is 0 Å². The topological polar surface area (TPSA) is 68.2 Å². The Morgan fingerprint density at radius 3 is 1.59 bits per heavy atom. The van der Waals surface area contributed by atoms with Gasteiger partial charge in [-0.05, 0) is 23.1 Å². The van der Waals surface area contributed by atoms with Crippen molar-refractivity contribution < 1.29 is 24.4 Å². The Kier molecular flexibility index (Phi) is 10.4. The van der Waals surface area contributed by atoms with Crippen LogP contribution in [-0.4, -0.2) is 41.7 Å². The highest BCUT2D eigenvalue weighted by molar-refractivity contribution is 5.15. The minimum absolute atomic E-state index is 0.0672. The normalized spacial score (nSPS) is 14.1. The molecule has 0 aliphatic heterocycles. The lowest BCUT2D eigenvalue weighted by Gasteiger charge is -2.31. The SMILES string of the molecule is OCC[C@@H](OCc1ccccc1)[C@H](OCc1ccccc1)[C@H](O)COCc1ccccc1. The van der Waals surface area contributed by atoms with E-state index in [2.05, 4.69) is 0 Å². The van der Waals surface area contributed by atoms with Crippen LogP contribution in [0.15, 0.2) is 91.0 Å². The predicted octanol–water partition coefficient (Wildman–Crippen LogP) is 4.12. The first kappa shape index (κ1) is 24.1. The van der Waals surface area contributed by atoms with Gasteiger partial charge >= 0.3 is 0 Å². The molecular weight excluding hydrogens is 404 g/mol. The summed E-state index contributed by atoms with van der Waals surface area (Å²) in [6.07, 6.45) is -1.70. The zero-order valence-electron chi connectivity index (χ0n) is 18.3. The molecule has 0 saturated carbocycles. The molecule has 3 rings (SSSR count). The second-order valence-corrected chi connectivity index (χ2v) is 7.68. The summed E-state index contributed by atoms with van der Waals surface area (Å²) in [6.45, 7) is 1.14. The van der Waals surface area contributed by atoms with Crippen LogP contribution in [0, 0.1) is 0 Å². The molecule has 0 aliphatic carbocycles. The monoisotopic (exact) mass is 436 g/mol. The molecule has 3 aromatic carbocycles. The van der Waals surface area contributed by atoms with E-state index in [-0.39, 0.29) is 13.2 Å². The Balaban J connectivity index is 1.64. The van der Waals surface area contributed by atoms with Crippen molar-refractivity contribution in [3.05, 3.63) is 108 Å². The van der Waals surface area contributed by atoms with E-state index in [4.69, 9.17) is 14.2 Å². The van der Waals surface area contributed by atoms with Gasteiger partial charge in [-0.15, -0.1) is 0 Å². The van der Waals surface area contributed by atoms with Gasteiger partial charge in [0.2, 0.25) is 0 Å². The fraction of sp³-hybridized carbons (Fsp3) is 0.333. The fourth-order valence-electron chi connectivity index (χ4n) is 3.45. The van der Waals surface area contributed by atoms with Gasteiger partial charge in [-0.3, -0.25) is 0 Å². The van der Waals surface area contributed by atoms with Gasteiger partial charge in [0, 0.05) is 6.61 Å². The predicted molar refractivity (Wildman–Crippen MR) is 124 cm³/mol. The van der Waals surface area contributed by atoms with Gasteiger partial charge in [-0.25, -0.2) is 0 Å². The van der Waals surface area contributed by atoms with Crippen molar-refractivity contribution in [3.8, 4) is 0 Å². The number of hydrogen-bond acceptors (Lipinski definition) is 5. The van der Waals surface area contributed by atoms with E-state index in [9.17, 15) is 10.2 Å². The molecule has 0 amide bonds. The molecule has 0 bridgehead atoms. The molecule has 5 heteroatoms. The maximum absolute atomic E-state index is 10.9. The maximum Gasteiger partial charge on any atom is 0.112 e. The van der Waals surface area contributed by atoms with Gasteiger partial charge in [0.05, 0.1) is 32.5 Å². The molecule has 5 nitrogen and oxygen atoms in total. The molecule has 2 N–H and O–H groups in total. The van der Waals surface area contributed by atoms with Gasteiger partial charge in [-0.2, -0.15) is 0 Å². The van der Waals surface area contributed by atoms with Gasteiger partial charge in [0.25, 0.3) is 0 Å². The third-order valence-corrected chi connectivity index (χ3v) is 5.15. The zero-order chi connectivity index (χ0) is 22.4. The zero-order valence-corrected chi connectivity index (χ0v) is 18.3. The van der Waals surface area contributed by atoms with Crippen LogP contribution in [0.4, 0.5) is 0 Å². The lowest BCUT2D eigenvalue weighted by Crippen LogP contribution is -2.44. The van der Waals surface area contributed by atoms with Crippen molar-refractivity contribution in [2.24, 2.45) is 0 Å². The summed E-state index contributed by atoms with van der Waals surface area (Å²) < 4.78 is 18.0. The quantitative estimate of drug-likeness (QED) is 0.398. The van der Waals surface area contributed by atoms with Gasteiger partial charge in [0.1, 0.15) is 12.2 Å². The lowest BCUT2D eigenvalue weighted by molar-refractivity contribution is -0.151. The van der Waals surface area contributed by atoms with Crippen LogP contribution >= 0.6 is 0 Å². The van der Waals surface area contributed by atoms with Crippen LogP contribution < -0.4 is 0 Å². The Morgan fingerprint density at radius 1 is 0.625 bits per heavy atom. The molecule has 0 unspecified atom stereocenters. The third-order valence-electron chi connectivity index (χ3n) is 5.15. The van der Waals surface area contributed by atoms with Crippen molar-refractivity contribution in [3.63, 3.8) is 0 Å². The average molecular weight is 437 g/mol. The fourth-order valence-corrected chi connectivity index (χ4v) is 3.45.